The lowest BCUT2D eigenvalue weighted by Crippen LogP contribution is -2.18. The van der Waals surface area contributed by atoms with Crippen molar-refractivity contribution in [3.63, 3.8) is 0 Å². The molecule has 0 radical (unpaired) electrons. The fraction of sp³-hybridized carbons (Fsp3) is 0.556. The van der Waals surface area contributed by atoms with Gasteiger partial charge in [0.25, 0.3) is 0 Å². The van der Waals surface area contributed by atoms with Gasteiger partial charge in [-0.25, -0.2) is 4.39 Å². The molecule has 2 nitrogen and oxygen atoms in total. The summed E-state index contributed by atoms with van der Waals surface area (Å²) in [5.74, 6) is -1.84. The topological polar surface area (TPSA) is 18.5 Å². The van der Waals surface area contributed by atoms with Gasteiger partial charge in [0.05, 0.1) is 12.7 Å². The first-order valence-corrected chi connectivity index (χ1v) is 12.2. The lowest BCUT2D eigenvalue weighted by Gasteiger charge is -2.13. The molecule has 0 unspecified atom stereocenters. The minimum absolute atomic E-state index is 0.0875. The molecule has 36 heavy (non-hydrogen) atoms. The number of ether oxygens (including phenoxy) is 2. The zero-order valence-electron chi connectivity index (χ0n) is 21.0. The maximum atomic E-state index is 13.1. The third kappa shape index (κ3) is 12.5. The zero-order chi connectivity index (χ0) is 27.2. The first-order valence-electron chi connectivity index (χ1n) is 12.2. The average molecular weight is 525 g/mol. The molecule has 2 rings (SSSR count). The van der Waals surface area contributed by atoms with E-state index in [1.54, 1.807) is 0 Å². The monoisotopic (exact) mass is 524 g/mol. The van der Waals surface area contributed by atoms with E-state index in [9.17, 15) is 30.7 Å². The molecule has 2 aromatic carbocycles. The van der Waals surface area contributed by atoms with E-state index in [0.29, 0.717) is 12.0 Å². The molecule has 2 aromatic rings. The lowest BCUT2D eigenvalue weighted by atomic mass is 10.0. The maximum absolute atomic E-state index is 13.1. The molecular weight excluding hydrogens is 489 g/mol. The normalized spacial score (nSPS) is 11.6. The number of unbranched alkanes of at least 4 members (excludes halogenated alkanes) is 6. The van der Waals surface area contributed by atoms with Crippen LogP contribution in [0.5, 0.6) is 11.5 Å². The number of methoxy groups -OCH3 is 1. The van der Waals surface area contributed by atoms with E-state index < -0.39 is 29.7 Å². The van der Waals surface area contributed by atoms with Crippen molar-refractivity contribution in [2.24, 2.45) is 0 Å². The Hall–Kier alpha value is -2.45. The molecule has 0 aliphatic heterocycles. The molecule has 0 amide bonds. The van der Waals surface area contributed by atoms with Crippen molar-refractivity contribution in [3.8, 4) is 11.5 Å². The molecule has 0 N–H and O–H groups in total. The zero-order valence-corrected chi connectivity index (χ0v) is 21.0. The van der Waals surface area contributed by atoms with Crippen LogP contribution in [0, 0.1) is 5.82 Å². The van der Waals surface area contributed by atoms with Crippen molar-refractivity contribution in [1.29, 1.82) is 0 Å². The summed E-state index contributed by atoms with van der Waals surface area (Å²) in [6.45, 7) is 4.20. The van der Waals surface area contributed by atoms with Crippen molar-refractivity contribution in [3.05, 3.63) is 58.9 Å². The number of halogens is 7. The Morgan fingerprint density at radius 1 is 0.667 bits per heavy atom. The highest BCUT2D eigenvalue weighted by Gasteiger charge is 2.34. The second-order valence-electron chi connectivity index (χ2n) is 8.47. The number of benzene rings is 2. The fourth-order valence-corrected chi connectivity index (χ4v) is 3.54. The lowest BCUT2D eigenvalue weighted by molar-refractivity contribution is -0.275. The Morgan fingerprint density at radius 3 is 1.61 bits per heavy atom. The summed E-state index contributed by atoms with van der Waals surface area (Å²) in [6, 6.07) is 7.76. The van der Waals surface area contributed by atoms with Gasteiger partial charge >= 0.3 is 12.5 Å². The molecule has 0 aliphatic rings. The summed E-state index contributed by atoms with van der Waals surface area (Å²) in [4.78, 5) is 0. The Morgan fingerprint density at radius 2 is 1.17 bits per heavy atom. The first-order chi connectivity index (χ1) is 16.9. The van der Waals surface area contributed by atoms with Crippen LogP contribution in [0.1, 0.15) is 81.9 Å². The van der Waals surface area contributed by atoms with E-state index >= 15 is 0 Å². The first kappa shape index (κ1) is 31.6. The highest BCUT2D eigenvalue weighted by molar-refractivity contribution is 5.39. The molecule has 0 aliphatic carbocycles. The molecule has 9 heteroatoms. The Bertz CT molecular complexity index is 893. The number of hydrogen-bond donors (Lipinski definition) is 0. The molecule has 0 saturated heterocycles. The maximum Gasteiger partial charge on any atom is 0.573 e. The van der Waals surface area contributed by atoms with E-state index in [1.807, 2.05) is 0 Å². The fourth-order valence-electron chi connectivity index (χ4n) is 3.54. The predicted molar refractivity (Wildman–Crippen MR) is 127 cm³/mol. The van der Waals surface area contributed by atoms with Crippen LogP contribution in [0.3, 0.4) is 0 Å². The van der Waals surface area contributed by atoms with Crippen molar-refractivity contribution in [2.75, 3.05) is 7.11 Å². The van der Waals surface area contributed by atoms with Gasteiger partial charge < -0.3 is 9.47 Å². The summed E-state index contributed by atoms with van der Waals surface area (Å²) in [5, 5.41) is 0. The van der Waals surface area contributed by atoms with Gasteiger partial charge in [-0.3, -0.25) is 0 Å². The van der Waals surface area contributed by atoms with Crippen LogP contribution in [-0.4, -0.2) is 13.5 Å². The summed E-state index contributed by atoms with van der Waals surface area (Å²) < 4.78 is 95.5. The summed E-state index contributed by atoms with van der Waals surface area (Å²) in [7, 11) is 1.27. The van der Waals surface area contributed by atoms with Crippen LogP contribution >= 0.6 is 0 Å². The molecule has 0 saturated carbocycles. The van der Waals surface area contributed by atoms with Gasteiger partial charge in [-0.15, -0.1) is 13.2 Å². The van der Waals surface area contributed by atoms with Crippen LogP contribution in [0.2, 0.25) is 0 Å². The van der Waals surface area contributed by atoms with Gasteiger partial charge in [0.1, 0.15) is 5.75 Å². The third-order valence-electron chi connectivity index (χ3n) is 5.43. The molecule has 0 fully saturated rings. The van der Waals surface area contributed by atoms with Crippen LogP contribution in [-0.2, 0) is 19.0 Å². The van der Waals surface area contributed by atoms with E-state index in [2.05, 4.69) is 18.6 Å². The van der Waals surface area contributed by atoms with Gasteiger partial charge in [0.2, 0.25) is 0 Å². The number of aryl methyl sites for hydroxylation is 2. The largest absolute Gasteiger partial charge is 0.573 e. The van der Waals surface area contributed by atoms with E-state index in [4.69, 9.17) is 4.74 Å². The molecular formula is C27H35F7O2. The van der Waals surface area contributed by atoms with Crippen LogP contribution in [0.4, 0.5) is 30.7 Å². The van der Waals surface area contributed by atoms with Gasteiger partial charge in [0.15, 0.2) is 11.6 Å². The highest BCUT2D eigenvalue weighted by Crippen LogP contribution is 2.36. The molecule has 0 bridgehead atoms. The van der Waals surface area contributed by atoms with Crippen molar-refractivity contribution >= 4 is 0 Å². The molecule has 0 atom stereocenters. The SMILES string of the molecule is CCCCCCc1ccc(C(F)(F)F)c(OC)c1.CCCCCCc1ccc(F)c(OC(F)(F)F)c1. The van der Waals surface area contributed by atoms with Crippen LogP contribution in [0.25, 0.3) is 0 Å². The molecule has 0 spiro atoms. The third-order valence-corrected chi connectivity index (χ3v) is 5.43. The summed E-state index contributed by atoms with van der Waals surface area (Å²) in [6.07, 6.45) is 0.722. The van der Waals surface area contributed by atoms with Crippen molar-refractivity contribution < 1.29 is 40.2 Å². The standard InChI is InChI=1S/C14H19F3O.C13H16F4O/c1-3-4-5-6-7-11-8-9-12(14(15,16)17)13(10-11)18-2;1-2-3-4-5-6-10-7-8-11(14)12(9-10)18-13(15,16)17/h8-10H,3-7H2,1-2H3;7-9H,2-6H2,1H3. The number of alkyl halides is 6. The minimum Gasteiger partial charge on any atom is -0.496 e. The van der Waals surface area contributed by atoms with Gasteiger partial charge in [0, 0.05) is 0 Å². The highest BCUT2D eigenvalue weighted by atomic mass is 19.4. The summed E-state index contributed by atoms with van der Waals surface area (Å²) in [5.41, 5.74) is 0.852. The quantitative estimate of drug-likeness (QED) is 0.203. The smallest absolute Gasteiger partial charge is 0.496 e. The molecule has 0 heterocycles. The summed E-state index contributed by atoms with van der Waals surface area (Å²) >= 11 is 0. The number of rotatable bonds is 12. The Labute approximate surface area is 208 Å². The van der Waals surface area contributed by atoms with Crippen LogP contribution < -0.4 is 9.47 Å². The second kappa shape index (κ2) is 15.6. The van der Waals surface area contributed by atoms with Gasteiger partial charge in [-0.1, -0.05) is 64.5 Å². The van der Waals surface area contributed by atoms with Gasteiger partial charge in [-0.2, -0.15) is 13.2 Å². The number of hydrogen-bond acceptors (Lipinski definition) is 2. The van der Waals surface area contributed by atoms with Crippen molar-refractivity contribution in [2.45, 2.75) is 90.6 Å². The van der Waals surface area contributed by atoms with E-state index in [0.717, 1.165) is 81.5 Å². The predicted octanol–water partition coefficient (Wildman–Crippen LogP) is 9.68. The molecule has 0 aromatic heterocycles. The molecule has 204 valence electrons. The average Bonchev–Trinajstić information content (AvgIpc) is 2.80. The Kier molecular flexibility index (Phi) is 13.7. The minimum atomic E-state index is -4.86. The van der Waals surface area contributed by atoms with Gasteiger partial charge in [-0.05, 0) is 61.1 Å². The van der Waals surface area contributed by atoms with Crippen LogP contribution in [0.15, 0.2) is 36.4 Å². The van der Waals surface area contributed by atoms with E-state index in [-0.39, 0.29) is 5.75 Å². The van der Waals surface area contributed by atoms with Crippen molar-refractivity contribution in [1.82, 2.24) is 0 Å². The van der Waals surface area contributed by atoms with E-state index in [1.165, 1.54) is 25.3 Å². The Balaban J connectivity index is 0.000000360. The second-order valence-corrected chi connectivity index (χ2v) is 8.47.